The lowest BCUT2D eigenvalue weighted by atomic mass is 10.3. The zero-order chi connectivity index (χ0) is 16.0. The van der Waals surface area contributed by atoms with E-state index < -0.39 is 10.0 Å². The van der Waals surface area contributed by atoms with Gasteiger partial charge in [-0.3, -0.25) is 4.79 Å². The van der Waals surface area contributed by atoms with Crippen LogP contribution in [0.15, 0.2) is 23.1 Å². The molecule has 0 unspecified atom stereocenters. The van der Waals surface area contributed by atoms with E-state index in [-0.39, 0.29) is 35.6 Å². The van der Waals surface area contributed by atoms with E-state index in [9.17, 15) is 13.2 Å². The fourth-order valence-electron chi connectivity index (χ4n) is 1.68. The lowest BCUT2D eigenvalue weighted by molar-refractivity contribution is -0.121. The number of hydrogen-bond donors (Lipinski definition) is 3. The van der Waals surface area contributed by atoms with Crippen molar-refractivity contribution in [2.24, 2.45) is 0 Å². The Hall–Kier alpha value is -1.80. The summed E-state index contributed by atoms with van der Waals surface area (Å²) in [4.78, 5) is 11.4. The van der Waals surface area contributed by atoms with E-state index in [1.165, 1.54) is 25.3 Å². The van der Waals surface area contributed by atoms with E-state index in [4.69, 9.17) is 10.5 Å². The number of rotatable bonds is 7. The number of hydrogen-bond acceptors (Lipinski definition) is 5. The second kappa shape index (κ2) is 7.28. The summed E-state index contributed by atoms with van der Waals surface area (Å²) in [7, 11) is -2.39. The van der Waals surface area contributed by atoms with Gasteiger partial charge in [0.2, 0.25) is 15.9 Å². The lowest BCUT2D eigenvalue weighted by Gasteiger charge is -2.12. The van der Waals surface area contributed by atoms with Crippen LogP contribution in [0.1, 0.15) is 20.3 Å². The number of nitrogens with two attached hydrogens (primary N) is 1. The van der Waals surface area contributed by atoms with Crippen molar-refractivity contribution >= 4 is 21.6 Å². The molecule has 0 radical (unpaired) electrons. The van der Waals surface area contributed by atoms with Crippen LogP contribution < -0.4 is 20.5 Å². The Morgan fingerprint density at radius 3 is 2.62 bits per heavy atom. The van der Waals surface area contributed by atoms with E-state index in [1.807, 2.05) is 13.8 Å². The average Bonchev–Trinajstić information content (AvgIpc) is 2.36. The van der Waals surface area contributed by atoms with Crippen LogP contribution >= 0.6 is 0 Å². The Morgan fingerprint density at radius 2 is 2.05 bits per heavy atom. The lowest BCUT2D eigenvalue weighted by Crippen LogP contribution is -2.34. The predicted octanol–water partition coefficient (Wildman–Crippen LogP) is 0.470. The smallest absolute Gasteiger partial charge is 0.244 e. The SMILES string of the molecule is COc1cc(N)ccc1S(=O)(=O)NCCC(=O)NC(C)C. The number of amides is 1. The van der Waals surface area contributed by atoms with Crippen LogP contribution in [0.3, 0.4) is 0 Å². The molecule has 0 fully saturated rings. The Labute approximate surface area is 124 Å². The molecule has 0 spiro atoms. The third-order valence-electron chi connectivity index (χ3n) is 2.57. The molecule has 4 N–H and O–H groups in total. The maximum absolute atomic E-state index is 12.2. The second-order valence-electron chi connectivity index (χ2n) is 4.78. The number of nitrogens with one attached hydrogen (secondary N) is 2. The van der Waals surface area contributed by atoms with Crippen molar-refractivity contribution in [2.45, 2.75) is 31.2 Å². The Kier molecular flexibility index (Phi) is 5.98. The highest BCUT2D eigenvalue weighted by Crippen LogP contribution is 2.25. The third kappa shape index (κ3) is 5.24. The molecule has 0 aromatic heterocycles. The molecular formula is C13H21N3O4S. The summed E-state index contributed by atoms with van der Waals surface area (Å²) in [6.07, 6.45) is 0.0642. The van der Waals surface area contributed by atoms with Crippen molar-refractivity contribution < 1.29 is 17.9 Å². The van der Waals surface area contributed by atoms with Crippen molar-refractivity contribution in [2.75, 3.05) is 19.4 Å². The minimum Gasteiger partial charge on any atom is -0.495 e. The Morgan fingerprint density at radius 1 is 1.38 bits per heavy atom. The zero-order valence-corrected chi connectivity index (χ0v) is 13.2. The maximum atomic E-state index is 12.2. The number of ether oxygens (including phenoxy) is 1. The Bertz CT molecular complexity index is 599. The quantitative estimate of drug-likeness (QED) is 0.634. The van der Waals surface area contributed by atoms with Gasteiger partial charge in [-0.25, -0.2) is 13.1 Å². The molecule has 0 heterocycles. The minimum atomic E-state index is -3.75. The molecule has 0 atom stereocenters. The first kappa shape index (κ1) is 17.3. The molecule has 7 nitrogen and oxygen atoms in total. The van der Waals surface area contributed by atoms with Gasteiger partial charge in [0.05, 0.1) is 7.11 Å². The van der Waals surface area contributed by atoms with Gasteiger partial charge in [0.15, 0.2) is 0 Å². The van der Waals surface area contributed by atoms with Crippen LogP contribution in [0.4, 0.5) is 5.69 Å². The van der Waals surface area contributed by atoms with Crippen LogP contribution in [0.2, 0.25) is 0 Å². The molecule has 1 rings (SSSR count). The largest absolute Gasteiger partial charge is 0.495 e. The van der Waals surface area contributed by atoms with E-state index >= 15 is 0 Å². The fraction of sp³-hybridized carbons (Fsp3) is 0.462. The van der Waals surface area contributed by atoms with Gasteiger partial charge in [-0.1, -0.05) is 0 Å². The van der Waals surface area contributed by atoms with Gasteiger partial charge < -0.3 is 15.8 Å². The van der Waals surface area contributed by atoms with Crippen LogP contribution in [-0.4, -0.2) is 34.0 Å². The van der Waals surface area contributed by atoms with E-state index in [0.29, 0.717) is 5.69 Å². The molecule has 21 heavy (non-hydrogen) atoms. The molecule has 0 bridgehead atoms. The summed E-state index contributed by atoms with van der Waals surface area (Å²) < 4.78 is 31.7. The van der Waals surface area contributed by atoms with Crippen molar-refractivity contribution in [1.29, 1.82) is 0 Å². The van der Waals surface area contributed by atoms with Crippen molar-refractivity contribution in [1.82, 2.24) is 10.0 Å². The van der Waals surface area contributed by atoms with Gasteiger partial charge in [-0.05, 0) is 26.0 Å². The first-order valence-electron chi connectivity index (χ1n) is 6.49. The normalized spacial score (nSPS) is 11.4. The molecule has 1 aromatic rings. The highest BCUT2D eigenvalue weighted by molar-refractivity contribution is 7.89. The molecule has 118 valence electrons. The summed E-state index contributed by atoms with van der Waals surface area (Å²) in [5.74, 6) is -0.0499. The number of anilines is 1. The van der Waals surface area contributed by atoms with Gasteiger partial charge >= 0.3 is 0 Å². The van der Waals surface area contributed by atoms with Gasteiger partial charge in [-0.15, -0.1) is 0 Å². The van der Waals surface area contributed by atoms with Crippen molar-refractivity contribution in [3.05, 3.63) is 18.2 Å². The summed E-state index contributed by atoms with van der Waals surface area (Å²) in [6.45, 7) is 3.68. The highest BCUT2D eigenvalue weighted by Gasteiger charge is 2.19. The number of sulfonamides is 1. The number of benzene rings is 1. The number of carbonyl (C=O) groups is 1. The summed E-state index contributed by atoms with van der Waals surface area (Å²) >= 11 is 0. The zero-order valence-electron chi connectivity index (χ0n) is 12.3. The second-order valence-corrected chi connectivity index (χ2v) is 6.52. The molecule has 0 aliphatic carbocycles. The number of nitrogen functional groups attached to an aromatic ring is 1. The van der Waals surface area contributed by atoms with Gasteiger partial charge in [0.25, 0.3) is 0 Å². The molecule has 0 saturated heterocycles. The van der Waals surface area contributed by atoms with Crippen LogP contribution in [0, 0.1) is 0 Å². The van der Waals surface area contributed by atoms with Gasteiger partial charge in [0, 0.05) is 30.8 Å². The minimum absolute atomic E-state index is 0.00835. The van der Waals surface area contributed by atoms with Gasteiger partial charge in [0.1, 0.15) is 10.6 Å². The van der Waals surface area contributed by atoms with E-state index in [0.717, 1.165) is 0 Å². The molecule has 0 aliphatic heterocycles. The Balaban J connectivity index is 2.72. The summed E-state index contributed by atoms with van der Waals surface area (Å²) in [5.41, 5.74) is 5.99. The van der Waals surface area contributed by atoms with Crippen LogP contribution in [0.5, 0.6) is 5.75 Å². The fourth-order valence-corrected chi connectivity index (χ4v) is 2.86. The van der Waals surface area contributed by atoms with Crippen LogP contribution in [0.25, 0.3) is 0 Å². The predicted molar refractivity (Wildman–Crippen MR) is 80.5 cm³/mol. The van der Waals surface area contributed by atoms with Crippen molar-refractivity contribution in [3.8, 4) is 5.75 Å². The molecule has 1 aromatic carbocycles. The maximum Gasteiger partial charge on any atom is 0.244 e. The molecule has 0 saturated carbocycles. The monoisotopic (exact) mass is 315 g/mol. The molecule has 1 amide bonds. The first-order valence-corrected chi connectivity index (χ1v) is 7.97. The standard InChI is InChI=1S/C13H21N3O4S/c1-9(2)16-13(17)6-7-15-21(18,19)12-5-4-10(14)8-11(12)20-3/h4-5,8-9,15H,6-7,14H2,1-3H3,(H,16,17). The van der Waals surface area contributed by atoms with Crippen molar-refractivity contribution in [3.63, 3.8) is 0 Å². The average molecular weight is 315 g/mol. The topological polar surface area (TPSA) is 111 Å². The summed E-state index contributed by atoms with van der Waals surface area (Å²) in [5, 5.41) is 2.68. The van der Waals surface area contributed by atoms with E-state index in [2.05, 4.69) is 10.0 Å². The first-order chi connectivity index (χ1) is 9.76. The van der Waals surface area contributed by atoms with E-state index in [1.54, 1.807) is 0 Å². The van der Waals surface area contributed by atoms with Gasteiger partial charge in [-0.2, -0.15) is 0 Å². The highest BCUT2D eigenvalue weighted by atomic mass is 32.2. The molecule has 0 aliphatic rings. The number of carbonyl (C=O) groups excluding carboxylic acids is 1. The third-order valence-corrected chi connectivity index (χ3v) is 4.07. The number of methoxy groups -OCH3 is 1. The molecule has 8 heteroatoms. The van der Waals surface area contributed by atoms with Crippen LogP contribution in [-0.2, 0) is 14.8 Å². The summed E-state index contributed by atoms with van der Waals surface area (Å²) in [6, 6.07) is 4.29. The molecular weight excluding hydrogens is 294 g/mol.